The van der Waals surface area contributed by atoms with Gasteiger partial charge in [-0.25, -0.2) is 4.79 Å². The zero-order valence-electron chi connectivity index (χ0n) is 10.9. The molecule has 0 spiro atoms. The molecule has 1 amide bonds. The molecule has 1 aliphatic rings. The number of carbonyl (C=O) groups is 2. The highest BCUT2D eigenvalue weighted by atomic mass is 16.5. The van der Waals surface area contributed by atoms with Crippen LogP contribution in [0.5, 0.6) is 0 Å². The third kappa shape index (κ3) is 2.76. The van der Waals surface area contributed by atoms with Gasteiger partial charge in [-0.3, -0.25) is 4.79 Å². The van der Waals surface area contributed by atoms with Gasteiger partial charge in [0.05, 0.1) is 6.10 Å². The first kappa shape index (κ1) is 13.5. The fourth-order valence-corrected chi connectivity index (χ4v) is 2.37. The van der Waals surface area contributed by atoms with Gasteiger partial charge in [0, 0.05) is 6.54 Å². The molecule has 1 N–H and O–H groups in total. The van der Waals surface area contributed by atoms with E-state index in [1.165, 1.54) is 4.90 Å². The largest absolute Gasteiger partial charge is 0.480 e. The zero-order chi connectivity index (χ0) is 14.0. The molecule has 3 atom stereocenters. The maximum atomic E-state index is 12.1. The molecule has 19 heavy (non-hydrogen) atoms. The fraction of sp³-hybridized carbons (Fsp3) is 0.429. The second-order valence-electron chi connectivity index (χ2n) is 4.72. The van der Waals surface area contributed by atoms with Crippen LogP contribution in [0, 0.1) is 0 Å². The molecule has 102 valence electrons. The van der Waals surface area contributed by atoms with Crippen molar-refractivity contribution in [3.05, 3.63) is 35.9 Å². The molecule has 1 saturated heterocycles. The highest BCUT2D eigenvalue weighted by Crippen LogP contribution is 2.22. The lowest BCUT2D eigenvalue weighted by atomic mass is 10.0. The molecular formula is C14H17NO4. The maximum Gasteiger partial charge on any atom is 0.329 e. The molecule has 0 unspecified atom stereocenters. The summed E-state index contributed by atoms with van der Waals surface area (Å²) < 4.78 is 5.37. The monoisotopic (exact) mass is 263 g/mol. The molecule has 5 nitrogen and oxygen atoms in total. The molecule has 2 rings (SSSR count). The zero-order valence-corrected chi connectivity index (χ0v) is 10.9. The Morgan fingerprint density at radius 2 is 1.95 bits per heavy atom. The van der Waals surface area contributed by atoms with E-state index in [9.17, 15) is 14.7 Å². The Hall–Kier alpha value is -1.88. The van der Waals surface area contributed by atoms with Crippen LogP contribution in [0.4, 0.5) is 0 Å². The summed E-state index contributed by atoms with van der Waals surface area (Å²) in [4.78, 5) is 24.9. The van der Waals surface area contributed by atoms with E-state index in [4.69, 9.17) is 4.74 Å². The minimum atomic E-state index is -1.04. The minimum Gasteiger partial charge on any atom is -0.480 e. The van der Waals surface area contributed by atoms with E-state index in [2.05, 4.69) is 0 Å². The Kier molecular flexibility index (Phi) is 3.85. The second-order valence-corrected chi connectivity index (χ2v) is 4.72. The van der Waals surface area contributed by atoms with Crippen molar-refractivity contribution in [2.45, 2.75) is 38.6 Å². The number of ether oxygens (including phenoxy) is 1. The van der Waals surface area contributed by atoms with Crippen LogP contribution in [0.25, 0.3) is 0 Å². The normalized spacial score (nSPS) is 27.4. The maximum absolute atomic E-state index is 12.1. The average molecular weight is 263 g/mol. The Bertz CT molecular complexity index is 474. The molecule has 0 aromatic heterocycles. The first-order valence-electron chi connectivity index (χ1n) is 6.23. The van der Waals surface area contributed by atoms with Crippen molar-refractivity contribution in [3.8, 4) is 0 Å². The quantitative estimate of drug-likeness (QED) is 0.892. The summed E-state index contributed by atoms with van der Waals surface area (Å²) in [6, 6.07) is 8.41. The van der Waals surface area contributed by atoms with Crippen LogP contribution < -0.4 is 0 Å². The standard InChI is InChI=1S/C14H17NO4/c1-9-12(14(17)18)15(13(16)10(2)19-9)8-11-6-4-3-5-7-11/h3-7,9-10,12H,8H2,1-2H3,(H,17,18)/t9-,10+,12-/m0/s1. The lowest BCUT2D eigenvalue weighted by Gasteiger charge is -2.40. The number of aliphatic carboxylic acids is 1. The second kappa shape index (κ2) is 5.40. The number of benzene rings is 1. The Morgan fingerprint density at radius 1 is 1.32 bits per heavy atom. The van der Waals surface area contributed by atoms with Gasteiger partial charge in [0.2, 0.25) is 0 Å². The molecule has 1 fully saturated rings. The summed E-state index contributed by atoms with van der Waals surface area (Å²) in [5, 5.41) is 9.29. The van der Waals surface area contributed by atoms with Crippen LogP contribution in [-0.4, -0.2) is 40.1 Å². The molecule has 0 radical (unpaired) electrons. The molecule has 0 bridgehead atoms. The summed E-state index contributed by atoms with van der Waals surface area (Å²) in [6.07, 6.45) is -1.12. The van der Waals surface area contributed by atoms with Crippen molar-refractivity contribution in [2.24, 2.45) is 0 Å². The van der Waals surface area contributed by atoms with Crippen LogP contribution in [0.2, 0.25) is 0 Å². The smallest absolute Gasteiger partial charge is 0.329 e. The Labute approximate surface area is 111 Å². The van der Waals surface area contributed by atoms with Crippen LogP contribution in [0.3, 0.4) is 0 Å². The number of carboxylic acid groups (broad SMARTS) is 1. The van der Waals surface area contributed by atoms with Crippen molar-refractivity contribution < 1.29 is 19.4 Å². The molecule has 5 heteroatoms. The van der Waals surface area contributed by atoms with Gasteiger partial charge in [-0.2, -0.15) is 0 Å². The summed E-state index contributed by atoms with van der Waals surface area (Å²) in [7, 11) is 0. The van der Waals surface area contributed by atoms with Crippen molar-refractivity contribution in [1.29, 1.82) is 0 Å². The lowest BCUT2D eigenvalue weighted by molar-refractivity contribution is -0.180. The number of amides is 1. The number of hydrogen-bond donors (Lipinski definition) is 1. The average Bonchev–Trinajstić information content (AvgIpc) is 2.36. The van der Waals surface area contributed by atoms with Crippen molar-refractivity contribution >= 4 is 11.9 Å². The van der Waals surface area contributed by atoms with Crippen LogP contribution in [0.15, 0.2) is 30.3 Å². The summed E-state index contributed by atoms with van der Waals surface area (Å²) in [5.74, 6) is -1.32. The minimum absolute atomic E-state index is 0.283. The predicted molar refractivity (Wildman–Crippen MR) is 68.4 cm³/mol. The Morgan fingerprint density at radius 3 is 2.53 bits per heavy atom. The first-order valence-corrected chi connectivity index (χ1v) is 6.23. The van der Waals surface area contributed by atoms with Gasteiger partial charge < -0.3 is 14.7 Å². The van der Waals surface area contributed by atoms with Gasteiger partial charge in [-0.15, -0.1) is 0 Å². The highest BCUT2D eigenvalue weighted by molar-refractivity contribution is 5.87. The van der Waals surface area contributed by atoms with Gasteiger partial charge in [-0.1, -0.05) is 30.3 Å². The Balaban J connectivity index is 2.26. The van der Waals surface area contributed by atoms with Crippen LogP contribution in [0.1, 0.15) is 19.4 Å². The van der Waals surface area contributed by atoms with E-state index in [0.717, 1.165) is 5.56 Å². The molecule has 1 heterocycles. The summed E-state index contributed by atoms with van der Waals surface area (Å²) in [5.41, 5.74) is 0.906. The van der Waals surface area contributed by atoms with E-state index in [1.54, 1.807) is 13.8 Å². The van der Waals surface area contributed by atoms with E-state index in [0.29, 0.717) is 0 Å². The topological polar surface area (TPSA) is 66.8 Å². The third-order valence-electron chi connectivity index (χ3n) is 3.28. The number of hydrogen-bond acceptors (Lipinski definition) is 3. The molecular weight excluding hydrogens is 246 g/mol. The van der Waals surface area contributed by atoms with Crippen molar-refractivity contribution in [2.75, 3.05) is 0 Å². The number of nitrogens with zero attached hydrogens (tertiary/aromatic N) is 1. The number of rotatable bonds is 3. The highest BCUT2D eigenvalue weighted by Gasteiger charge is 2.42. The van der Waals surface area contributed by atoms with E-state index < -0.39 is 24.2 Å². The van der Waals surface area contributed by atoms with Gasteiger partial charge in [0.1, 0.15) is 6.10 Å². The van der Waals surface area contributed by atoms with Crippen LogP contribution >= 0.6 is 0 Å². The summed E-state index contributed by atoms with van der Waals surface area (Å²) >= 11 is 0. The molecule has 0 saturated carbocycles. The van der Waals surface area contributed by atoms with E-state index in [-0.39, 0.29) is 12.5 Å². The number of morpholine rings is 1. The number of carbonyl (C=O) groups excluding carboxylic acids is 1. The SMILES string of the molecule is C[C@@H]1O[C@H](C)C(=O)N(Cc2ccccc2)[C@@H]1C(=O)O. The van der Waals surface area contributed by atoms with Crippen molar-refractivity contribution in [3.63, 3.8) is 0 Å². The predicted octanol–water partition coefficient (Wildman–Crippen LogP) is 1.28. The fourth-order valence-electron chi connectivity index (χ4n) is 2.37. The molecule has 0 aliphatic carbocycles. The van der Waals surface area contributed by atoms with Crippen molar-refractivity contribution in [1.82, 2.24) is 4.90 Å². The molecule has 1 aliphatic heterocycles. The first-order chi connectivity index (χ1) is 9.00. The van der Waals surface area contributed by atoms with Gasteiger partial charge in [0.25, 0.3) is 5.91 Å². The van der Waals surface area contributed by atoms with E-state index >= 15 is 0 Å². The lowest BCUT2D eigenvalue weighted by Crippen LogP contribution is -2.59. The number of carboxylic acids is 1. The molecule has 1 aromatic rings. The van der Waals surface area contributed by atoms with E-state index in [1.807, 2.05) is 30.3 Å². The van der Waals surface area contributed by atoms with Gasteiger partial charge in [0.15, 0.2) is 6.04 Å². The van der Waals surface area contributed by atoms with Crippen LogP contribution in [-0.2, 0) is 20.9 Å². The van der Waals surface area contributed by atoms with Gasteiger partial charge >= 0.3 is 5.97 Å². The third-order valence-corrected chi connectivity index (χ3v) is 3.28. The molecule has 1 aromatic carbocycles. The summed E-state index contributed by atoms with van der Waals surface area (Å²) in [6.45, 7) is 3.61. The van der Waals surface area contributed by atoms with Gasteiger partial charge in [-0.05, 0) is 19.4 Å².